The summed E-state index contributed by atoms with van der Waals surface area (Å²) < 4.78 is 0. The molecule has 0 radical (unpaired) electrons. The highest BCUT2D eigenvalue weighted by Gasteiger charge is 2.37. The fourth-order valence-electron chi connectivity index (χ4n) is 3.40. The summed E-state index contributed by atoms with van der Waals surface area (Å²) in [6.07, 6.45) is 0.643. The third-order valence-corrected chi connectivity index (χ3v) is 5.74. The maximum atomic E-state index is 12.8. The van der Waals surface area contributed by atoms with Crippen LogP contribution in [0.1, 0.15) is 24.0 Å². The molecule has 2 aromatic carbocycles. The Morgan fingerprint density at radius 3 is 2.43 bits per heavy atom. The van der Waals surface area contributed by atoms with Crippen molar-refractivity contribution < 1.29 is 19.5 Å². The van der Waals surface area contributed by atoms with Gasteiger partial charge in [-0.15, -0.1) is 0 Å². The number of hydrogen-bond acceptors (Lipinski definition) is 4. The summed E-state index contributed by atoms with van der Waals surface area (Å²) in [6.45, 7) is 0.184. The summed E-state index contributed by atoms with van der Waals surface area (Å²) in [6, 6.07) is 9.91. The van der Waals surface area contributed by atoms with E-state index < -0.39 is 24.0 Å². The molecule has 2 amide bonds. The van der Waals surface area contributed by atoms with E-state index >= 15 is 0 Å². The van der Waals surface area contributed by atoms with E-state index in [1.807, 2.05) is 0 Å². The number of nitrogen functional groups attached to an aromatic ring is 1. The Kier molecular flexibility index (Phi) is 6.84. The van der Waals surface area contributed by atoms with Crippen molar-refractivity contribution >= 4 is 46.7 Å². The fourth-order valence-corrected chi connectivity index (χ4v) is 3.72. The van der Waals surface area contributed by atoms with Gasteiger partial charge in [-0.2, -0.15) is 0 Å². The zero-order chi connectivity index (χ0) is 21.8. The lowest BCUT2D eigenvalue weighted by atomic mass is 10.0. The van der Waals surface area contributed by atoms with Crippen LogP contribution in [0.25, 0.3) is 0 Å². The minimum Gasteiger partial charge on any atom is -0.480 e. The molecule has 7 nitrogen and oxygen atoms in total. The molecule has 0 saturated carbocycles. The maximum absolute atomic E-state index is 12.8. The predicted octanol–water partition coefficient (Wildman–Crippen LogP) is 2.88. The first-order valence-corrected chi connectivity index (χ1v) is 10.1. The molecule has 2 aromatic rings. The number of nitrogens with zero attached hydrogens (tertiary/aromatic N) is 1. The summed E-state index contributed by atoms with van der Waals surface area (Å²) >= 11 is 12.0. The average Bonchev–Trinajstić information content (AvgIpc) is 3.06. The number of halogens is 2. The summed E-state index contributed by atoms with van der Waals surface area (Å²) in [7, 11) is 0. The number of carboxylic acids is 1. The molecule has 3 rings (SSSR count). The van der Waals surface area contributed by atoms with Gasteiger partial charge in [-0.05, 0) is 41.8 Å². The zero-order valence-corrected chi connectivity index (χ0v) is 17.5. The second-order valence-corrected chi connectivity index (χ2v) is 7.98. The van der Waals surface area contributed by atoms with Crippen LogP contribution in [0.4, 0.5) is 5.69 Å². The van der Waals surface area contributed by atoms with Crippen molar-refractivity contribution in [2.75, 3.05) is 5.73 Å². The van der Waals surface area contributed by atoms with Crippen molar-refractivity contribution in [2.45, 2.75) is 37.9 Å². The van der Waals surface area contributed by atoms with Crippen LogP contribution in [0.5, 0.6) is 0 Å². The minimum absolute atomic E-state index is 0.106. The van der Waals surface area contributed by atoms with Gasteiger partial charge in [0.2, 0.25) is 11.8 Å². The second kappa shape index (κ2) is 9.36. The number of likely N-dealkylation sites (tertiary alicyclic amines) is 1. The number of nitrogens with two attached hydrogens (primary N) is 1. The van der Waals surface area contributed by atoms with Crippen LogP contribution >= 0.6 is 23.2 Å². The standard InChI is InChI=1S/C21H21Cl2N3O4/c22-15-6-3-13(9-16(15)23)11-26-18(7-8-19(26)27)20(28)25-17(21(29)30)10-12-1-4-14(24)5-2-12/h1-6,9,17-18H,7-8,10-11,24H2,(H,25,28)(H,29,30)/t17-,18-/m0/s1. The first kappa shape index (κ1) is 21.9. The molecule has 0 aromatic heterocycles. The molecule has 1 heterocycles. The first-order chi connectivity index (χ1) is 14.2. The van der Waals surface area contributed by atoms with Crippen LogP contribution in [-0.2, 0) is 27.3 Å². The number of hydrogen-bond donors (Lipinski definition) is 3. The van der Waals surface area contributed by atoms with Crippen LogP contribution < -0.4 is 11.1 Å². The van der Waals surface area contributed by atoms with Gasteiger partial charge < -0.3 is 21.1 Å². The molecule has 30 heavy (non-hydrogen) atoms. The molecule has 1 fully saturated rings. The molecular weight excluding hydrogens is 429 g/mol. The predicted molar refractivity (Wildman–Crippen MR) is 114 cm³/mol. The van der Waals surface area contributed by atoms with E-state index in [1.54, 1.807) is 42.5 Å². The molecule has 0 unspecified atom stereocenters. The molecule has 9 heteroatoms. The van der Waals surface area contributed by atoms with Gasteiger partial charge in [0, 0.05) is 25.1 Å². The number of anilines is 1. The third-order valence-electron chi connectivity index (χ3n) is 5.00. The van der Waals surface area contributed by atoms with E-state index in [9.17, 15) is 19.5 Å². The Morgan fingerprint density at radius 1 is 1.13 bits per heavy atom. The Bertz CT molecular complexity index is 965. The summed E-state index contributed by atoms with van der Waals surface area (Å²) in [5.74, 6) is -1.82. The summed E-state index contributed by atoms with van der Waals surface area (Å²) in [4.78, 5) is 38.3. The molecule has 0 spiro atoms. The van der Waals surface area contributed by atoms with Gasteiger partial charge in [0.1, 0.15) is 12.1 Å². The fraction of sp³-hybridized carbons (Fsp3) is 0.286. The van der Waals surface area contributed by atoms with Gasteiger partial charge in [0.15, 0.2) is 0 Å². The molecular formula is C21H21Cl2N3O4. The van der Waals surface area contributed by atoms with Gasteiger partial charge in [-0.25, -0.2) is 4.79 Å². The normalized spacial score (nSPS) is 17.1. The van der Waals surface area contributed by atoms with Crippen molar-refractivity contribution in [2.24, 2.45) is 0 Å². The lowest BCUT2D eigenvalue weighted by Crippen LogP contribution is -2.50. The molecule has 0 bridgehead atoms. The highest BCUT2D eigenvalue weighted by molar-refractivity contribution is 6.42. The zero-order valence-electron chi connectivity index (χ0n) is 16.0. The monoisotopic (exact) mass is 449 g/mol. The van der Waals surface area contributed by atoms with Crippen LogP contribution in [0.2, 0.25) is 10.0 Å². The summed E-state index contributed by atoms with van der Waals surface area (Å²) in [5, 5.41) is 12.9. The van der Waals surface area contributed by atoms with Crippen LogP contribution in [0, 0.1) is 0 Å². The van der Waals surface area contributed by atoms with Crippen molar-refractivity contribution in [3.63, 3.8) is 0 Å². The number of aliphatic carboxylic acids is 1. The topological polar surface area (TPSA) is 113 Å². The molecule has 0 aliphatic carbocycles. The summed E-state index contributed by atoms with van der Waals surface area (Å²) in [5.41, 5.74) is 7.68. The van der Waals surface area contributed by atoms with Gasteiger partial charge in [0.25, 0.3) is 0 Å². The molecule has 1 aliphatic heterocycles. The van der Waals surface area contributed by atoms with E-state index in [1.165, 1.54) is 4.90 Å². The van der Waals surface area contributed by atoms with Crippen molar-refractivity contribution in [3.05, 3.63) is 63.6 Å². The Labute approximate surface area is 183 Å². The average molecular weight is 450 g/mol. The highest BCUT2D eigenvalue weighted by atomic mass is 35.5. The van der Waals surface area contributed by atoms with Crippen molar-refractivity contribution in [1.82, 2.24) is 10.2 Å². The lowest BCUT2D eigenvalue weighted by molar-refractivity contribution is -0.143. The van der Waals surface area contributed by atoms with Crippen LogP contribution in [-0.4, -0.2) is 39.9 Å². The maximum Gasteiger partial charge on any atom is 0.326 e. The minimum atomic E-state index is -1.15. The molecule has 1 saturated heterocycles. The van der Waals surface area contributed by atoms with Gasteiger partial charge in [0.05, 0.1) is 10.0 Å². The number of carbonyl (C=O) groups is 3. The molecule has 158 valence electrons. The molecule has 2 atom stereocenters. The van der Waals surface area contributed by atoms with Crippen LogP contribution in [0.15, 0.2) is 42.5 Å². The third kappa shape index (κ3) is 5.23. The van der Waals surface area contributed by atoms with E-state index in [2.05, 4.69) is 5.32 Å². The Morgan fingerprint density at radius 2 is 1.80 bits per heavy atom. The highest BCUT2D eigenvalue weighted by Crippen LogP contribution is 2.26. The van der Waals surface area contributed by atoms with E-state index in [0.717, 1.165) is 11.1 Å². The Hall–Kier alpha value is -2.77. The second-order valence-electron chi connectivity index (χ2n) is 7.17. The Balaban J connectivity index is 1.70. The van der Waals surface area contributed by atoms with Gasteiger partial charge in [-0.3, -0.25) is 9.59 Å². The number of benzene rings is 2. The van der Waals surface area contributed by atoms with E-state index in [4.69, 9.17) is 28.9 Å². The molecule has 1 aliphatic rings. The lowest BCUT2D eigenvalue weighted by Gasteiger charge is -2.26. The quantitative estimate of drug-likeness (QED) is 0.562. The molecule has 4 N–H and O–H groups in total. The van der Waals surface area contributed by atoms with Crippen LogP contribution in [0.3, 0.4) is 0 Å². The van der Waals surface area contributed by atoms with Crippen molar-refractivity contribution in [3.8, 4) is 0 Å². The van der Waals surface area contributed by atoms with E-state index in [0.29, 0.717) is 22.2 Å². The number of nitrogens with one attached hydrogen (secondary N) is 1. The number of carboxylic acid groups (broad SMARTS) is 1. The number of rotatable bonds is 7. The number of carbonyl (C=O) groups excluding carboxylic acids is 2. The number of amides is 2. The van der Waals surface area contributed by atoms with Gasteiger partial charge in [-0.1, -0.05) is 41.4 Å². The first-order valence-electron chi connectivity index (χ1n) is 9.35. The van der Waals surface area contributed by atoms with Crippen molar-refractivity contribution in [1.29, 1.82) is 0 Å². The van der Waals surface area contributed by atoms with Gasteiger partial charge >= 0.3 is 5.97 Å². The smallest absolute Gasteiger partial charge is 0.326 e. The largest absolute Gasteiger partial charge is 0.480 e. The van der Waals surface area contributed by atoms with E-state index in [-0.39, 0.29) is 25.3 Å². The SMILES string of the molecule is Nc1ccc(C[C@H](NC(=O)[C@@H]2CCC(=O)N2Cc2ccc(Cl)c(Cl)c2)C(=O)O)cc1.